The fourth-order valence-corrected chi connectivity index (χ4v) is 3.39. The Labute approximate surface area is 124 Å². The average molecular weight is 345 g/mol. The predicted molar refractivity (Wildman–Crippen MR) is 73.3 cm³/mol. The average Bonchev–Trinajstić information content (AvgIpc) is 2.15. The molecule has 0 saturated heterocycles. The molecule has 0 aromatic rings. The Morgan fingerprint density at radius 1 is 0.905 bits per heavy atom. The van der Waals surface area contributed by atoms with Crippen LogP contribution < -0.4 is 0 Å². The van der Waals surface area contributed by atoms with Gasteiger partial charge in [0.05, 0.1) is 18.2 Å². The molecule has 0 atom stereocenters. The molecule has 6 nitrogen and oxygen atoms in total. The first-order valence-electron chi connectivity index (χ1n) is 5.15. The number of hydrogen-bond donors (Lipinski definition) is 0. The molecule has 0 heterocycles. The monoisotopic (exact) mass is 345 g/mol. The number of hydrogen-bond acceptors (Lipinski definition) is 6. The molecular weight excluding hydrogens is 327 g/mol. The highest BCUT2D eigenvalue weighted by Gasteiger charge is 2.49. The maximum atomic E-state index is 11.7. The van der Waals surface area contributed by atoms with Crippen molar-refractivity contribution in [3.63, 3.8) is 0 Å². The lowest BCUT2D eigenvalue weighted by atomic mass is 11.0. The van der Waals surface area contributed by atoms with E-state index in [1.807, 2.05) is 0 Å². The van der Waals surface area contributed by atoms with E-state index in [1.165, 1.54) is 40.4 Å². The van der Waals surface area contributed by atoms with Crippen molar-refractivity contribution < 1.29 is 25.5 Å². The maximum absolute atomic E-state index is 11.7. The Morgan fingerprint density at radius 2 is 1.10 bits per heavy atom. The molecule has 0 unspecified atom stereocenters. The van der Waals surface area contributed by atoms with Crippen LogP contribution in [-0.2, 0) is 14.0 Å². The van der Waals surface area contributed by atoms with E-state index in [4.69, 9.17) is 15.8 Å². The Bertz CT molecular complexity index is 451. The van der Waals surface area contributed by atoms with Crippen molar-refractivity contribution in [3.8, 4) is 18.2 Å². The van der Waals surface area contributed by atoms with Gasteiger partial charge < -0.3 is 3.87 Å². The normalized spacial score (nSPS) is 9.62. The minimum absolute atomic E-state index is 1.36. The summed E-state index contributed by atoms with van der Waals surface area (Å²) in [5, 5.41) is 22.0. The van der Waals surface area contributed by atoms with Crippen molar-refractivity contribution in [1.29, 1.82) is 15.8 Å². The van der Waals surface area contributed by atoms with Crippen LogP contribution in [0.3, 0.4) is 0 Å². The topological polar surface area (TPSA) is 115 Å². The van der Waals surface area contributed by atoms with Crippen LogP contribution in [0.1, 0.15) is 20.8 Å². The zero-order valence-corrected chi connectivity index (χ0v) is 14.4. The fraction of sp³-hybridized carbons (Fsp3) is 0.700. The van der Waals surface area contributed by atoms with E-state index in [1.54, 1.807) is 18.2 Å². The van der Waals surface area contributed by atoms with Gasteiger partial charge in [0, 0.05) is 20.8 Å². The van der Waals surface area contributed by atoms with Gasteiger partial charge in [0.25, 0.3) is 0 Å². The van der Waals surface area contributed by atoms with E-state index in [0.29, 0.717) is 0 Å². The van der Waals surface area contributed by atoms with Crippen LogP contribution in [0.15, 0.2) is 0 Å². The van der Waals surface area contributed by atoms with Gasteiger partial charge in [-0.25, -0.2) is 0 Å². The van der Waals surface area contributed by atoms with Crippen molar-refractivity contribution in [2.45, 2.75) is 45.9 Å². The lowest BCUT2D eigenvalue weighted by Crippen LogP contribution is -2.36. The molecular formula is C10H18F3N3O3SSi. The highest BCUT2D eigenvalue weighted by Crippen LogP contribution is 2.27. The van der Waals surface area contributed by atoms with Gasteiger partial charge in [-0.05, 0) is 19.6 Å². The Kier molecular flexibility index (Phi) is 17.6. The van der Waals surface area contributed by atoms with Gasteiger partial charge in [-0.2, -0.15) is 37.4 Å². The molecule has 0 rings (SSSR count). The van der Waals surface area contributed by atoms with Crippen LogP contribution in [-0.4, -0.2) is 22.2 Å². The standard InChI is InChI=1S/C4H9F3O3SSi.3C2H3N/c1-12(2,3)10-11(8,9)4(5,6)7;3*1-2-3/h1-3H3;3*1H3. The summed E-state index contributed by atoms with van der Waals surface area (Å²) in [6.45, 7) is 8.36. The largest absolute Gasteiger partial charge is 0.522 e. The molecule has 0 radical (unpaired) electrons. The van der Waals surface area contributed by atoms with E-state index in [2.05, 4.69) is 3.87 Å². The Balaban J connectivity index is -0.000000132. The highest BCUT2D eigenvalue weighted by molar-refractivity contribution is 7.88. The molecule has 0 amide bonds. The van der Waals surface area contributed by atoms with Crippen LogP contribution in [0.5, 0.6) is 0 Å². The zero-order chi connectivity index (χ0) is 18.3. The third-order valence-corrected chi connectivity index (χ3v) is 4.09. The highest BCUT2D eigenvalue weighted by atomic mass is 32.2. The summed E-state index contributed by atoms with van der Waals surface area (Å²) in [7, 11) is -8.10. The van der Waals surface area contributed by atoms with Gasteiger partial charge in [-0.15, -0.1) is 0 Å². The second-order valence-electron chi connectivity index (χ2n) is 3.77. The van der Waals surface area contributed by atoms with Crippen LogP contribution in [0.4, 0.5) is 13.2 Å². The maximum Gasteiger partial charge on any atom is 0.522 e. The lowest BCUT2D eigenvalue weighted by Gasteiger charge is -2.17. The molecule has 0 aliphatic rings. The van der Waals surface area contributed by atoms with E-state index in [9.17, 15) is 21.6 Å². The first kappa shape index (κ1) is 27.7. The first-order valence-corrected chi connectivity index (χ1v) is 9.96. The summed E-state index contributed by atoms with van der Waals surface area (Å²) in [6.07, 6.45) is 0. The summed E-state index contributed by atoms with van der Waals surface area (Å²) >= 11 is 0. The number of alkyl halides is 3. The predicted octanol–water partition coefficient (Wildman–Crippen LogP) is 3.28. The van der Waals surface area contributed by atoms with E-state index in [-0.39, 0.29) is 0 Å². The molecule has 0 aliphatic carbocycles. The molecule has 0 fully saturated rings. The molecule has 0 saturated carbocycles. The Hall–Kier alpha value is -1.61. The summed E-state index contributed by atoms with van der Waals surface area (Å²) in [4.78, 5) is 0. The molecule has 0 spiro atoms. The van der Waals surface area contributed by atoms with E-state index in [0.717, 1.165) is 0 Å². The minimum atomic E-state index is -5.39. The molecule has 0 aromatic heterocycles. The molecule has 21 heavy (non-hydrogen) atoms. The van der Waals surface area contributed by atoms with Gasteiger partial charge in [-0.3, -0.25) is 0 Å². The molecule has 11 heteroatoms. The summed E-state index contributed by atoms with van der Waals surface area (Å²) in [5.41, 5.74) is -5.31. The first-order chi connectivity index (χ1) is 9.20. The van der Waals surface area contributed by atoms with Crippen LogP contribution >= 0.6 is 0 Å². The molecule has 0 bridgehead atoms. The second kappa shape index (κ2) is 13.4. The summed E-state index contributed by atoms with van der Waals surface area (Å²) in [6, 6.07) is 5.25. The number of nitriles is 3. The Morgan fingerprint density at radius 3 is 1.14 bits per heavy atom. The van der Waals surface area contributed by atoms with Gasteiger partial charge in [0.1, 0.15) is 0 Å². The SMILES string of the molecule is CC#N.CC#N.CC#N.C[Si](C)(C)OS(=O)(=O)C(F)(F)F. The van der Waals surface area contributed by atoms with Gasteiger partial charge >= 0.3 is 15.6 Å². The lowest BCUT2D eigenvalue weighted by molar-refractivity contribution is -0.0503. The third-order valence-electron chi connectivity index (χ3n) is 0.643. The van der Waals surface area contributed by atoms with Crippen LogP contribution in [0.2, 0.25) is 19.6 Å². The van der Waals surface area contributed by atoms with Crippen molar-refractivity contribution in [1.82, 2.24) is 0 Å². The van der Waals surface area contributed by atoms with E-state index < -0.39 is 23.9 Å². The van der Waals surface area contributed by atoms with Crippen molar-refractivity contribution in [2.24, 2.45) is 0 Å². The summed E-state index contributed by atoms with van der Waals surface area (Å²) in [5.74, 6) is 0. The fourth-order valence-electron chi connectivity index (χ4n) is 0.376. The molecule has 0 aliphatic heterocycles. The van der Waals surface area contributed by atoms with Crippen molar-refractivity contribution in [2.75, 3.05) is 0 Å². The van der Waals surface area contributed by atoms with Gasteiger partial charge in [-0.1, -0.05) is 0 Å². The number of rotatable bonds is 2. The third kappa shape index (κ3) is 27.6. The minimum Gasteiger partial charge on any atom is -0.309 e. The second-order valence-corrected chi connectivity index (χ2v) is 10.0. The van der Waals surface area contributed by atoms with E-state index >= 15 is 0 Å². The smallest absolute Gasteiger partial charge is 0.309 e. The molecule has 0 aromatic carbocycles. The number of nitrogens with zero attached hydrogens (tertiary/aromatic N) is 3. The van der Waals surface area contributed by atoms with Gasteiger partial charge in [0.15, 0.2) is 0 Å². The number of halogens is 3. The van der Waals surface area contributed by atoms with Crippen molar-refractivity contribution in [3.05, 3.63) is 0 Å². The zero-order valence-electron chi connectivity index (χ0n) is 12.6. The summed E-state index contributed by atoms with van der Waals surface area (Å²) < 4.78 is 59.7. The van der Waals surface area contributed by atoms with Crippen molar-refractivity contribution >= 4 is 18.4 Å². The van der Waals surface area contributed by atoms with Crippen LogP contribution in [0, 0.1) is 34.0 Å². The molecule has 0 N–H and O–H groups in total. The quantitative estimate of drug-likeness (QED) is 0.560. The molecule has 122 valence electrons. The van der Waals surface area contributed by atoms with Gasteiger partial charge in [0.2, 0.25) is 8.32 Å². The van der Waals surface area contributed by atoms with Crippen LogP contribution in [0.25, 0.3) is 0 Å².